The van der Waals surface area contributed by atoms with E-state index < -0.39 is 5.91 Å². The molecule has 7 heteroatoms. The summed E-state index contributed by atoms with van der Waals surface area (Å²) in [6, 6.07) is 12.2. The number of nitrogens with one attached hydrogen (secondary N) is 1. The maximum absolute atomic E-state index is 12.4. The lowest BCUT2D eigenvalue weighted by molar-refractivity contribution is -0.112. The SMILES string of the molecule is CC(C)COc1c(Br)cc(/C=C(\C#N)C(=O)Nc2ccc(Cl)cc2)cc1Br. The molecule has 2 rings (SSSR count). The van der Waals surface area contributed by atoms with E-state index in [1.807, 2.05) is 6.07 Å². The van der Waals surface area contributed by atoms with Gasteiger partial charge >= 0.3 is 0 Å². The van der Waals surface area contributed by atoms with Gasteiger partial charge in [-0.3, -0.25) is 4.79 Å². The number of nitrogens with zero attached hydrogens (tertiary/aromatic N) is 1. The summed E-state index contributed by atoms with van der Waals surface area (Å²) in [6.45, 7) is 4.72. The summed E-state index contributed by atoms with van der Waals surface area (Å²) in [5.74, 6) is 0.585. The molecule has 1 amide bonds. The van der Waals surface area contributed by atoms with Crippen LogP contribution < -0.4 is 10.1 Å². The van der Waals surface area contributed by atoms with E-state index in [4.69, 9.17) is 16.3 Å². The maximum atomic E-state index is 12.4. The fraction of sp³-hybridized carbons (Fsp3) is 0.200. The summed E-state index contributed by atoms with van der Waals surface area (Å²) >= 11 is 12.8. The maximum Gasteiger partial charge on any atom is 0.266 e. The number of amides is 1. The highest BCUT2D eigenvalue weighted by Gasteiger charge is 2.13. The van der Waals surface area contributed by atoms with Gasteiger partial charge in [0.25, 0.3) is 5.91 Å². The molecule has 0 saturated heterocycles. The summed E-state index contributed by atoms with van der Waals surface area (Å²) in [5.41, 5.74) is 1.23. The Bertz CT molecular complexity index is 880. The number of carbonyl (C=O) groups is 1. The number of hydrogen-bond acceptors (Lipinski definition) is 3. The fourth-order valence-corrected chi connectivity index (χ4v) is 3.67. The quantitative estimate of drug-likeness (QED) is 0.358. The Labute approximate surface area is 180 Å². The molecule has 0 atom stereocenters. The zero-order valence-corrected chi connectivity index (χ0v) is 18.7. The lowest BCUT2D eigenvalue weighted by Crippen LogP contribution is -2.13. The van der Waals surface area contributed by atoms with E-state index >= 15 is 0 Å². The van der Waals surface area contributed by atoms with Gasteiger partial charge in [0.1, 0.15) is 17.4 Å². The smallest absolute Gasteiger partial charge is 0.266 e. The molecule has 0 radical (unpaired) electrons. The zero-order valence-electron chi connectivity index (χ0n) is 14.7. The van der Waals surface area contributed by atoms with Crippen molar-refractivity contribution in [1.29, 1.82) is 5.26 Å². The second-order valence-electron chi connectivity index (χ2n) is 6.15. The minimum absolute atomic E-state index is 0.0143. The minimum atomic E-state index is -0.493. The van der Waals surface area contributed by atoms with Crippen molar-refractivity contribution in [3.05, 3.63) is 61.5 Å². The summed E-state index contributed by atoms with van der Waals surface area (Å²) in [4.78, 5) is 12.4. The van der Waals surface area contributed by atoms with E-state index in [0.29, 0.717) is 34.5 Å². The molecule has 0 aliphatic carbocycles. The van der Waals surface area contributed by atoms with Crippen molar-refractivity contribution in [3.8, 4) is 11.8 Å². The Morgan fingerprint density at radius 2 is 1.85 bits per heavy atom. The van der Waals surface area contributed by atoms with E-state index in [0.717, 1.165) is 8.95 Å². The number of nitriles is 1. The van der Waals surface area contributed by atoms with Crippen LogP contribution in [0.5, 0.6) is 5.75 Å². The zero-order chi connectivity index (χ0) is 20.0. The Hall–Kier alpha value is -1.81. The molecular formula is C20H17Br2ClN2O2. The van der Waals surface area contributed by atoms with Crippen molar-refractivity contribution in [1.82, 2.24) is 0 Å². The number of rotatable bonds is 6. The molecule has 0 saturated carbocycles. The standard InChI is InChI=1S/C20H17Br2ClN2O2/c1-12(2)11-27-19-17(21)8-13(9-18(19)22)7-14(10-24)20(26)25-16-5-3-15(23)4-6-16/h3-9,12H,11H2,1-2H3,(H,25,26)/b14-7+. The van der Waals surface area contributed by atoms with Crippen LogP contribution in [0.1, 0.15) is 19.4 Å². The van der Waals surface area contributed by atoms with Crippen LogP contribution in [-0.4, -0.2) is 12.5 Å². The van der Waals surface area contributed by atoms with Gasteiger partial charge in [0.15, 0.2) is 0 Å². The Morgan fingerprint density at radius 1 is 1.26 bits per heavy atom. The van der Waals surface area contributed by atoms with Gasteiger partial charge in [0, 0.05) is 10.7 Å². The highest BCUT2D eigenvalue weighted by Crippen LogP contribution is 2.35. The molecular weight excluding hydrogens is 495 g/mol. The van der Waals surface area contributed by atoms with E-state index in [1.165, 1.54) is 6.08 Å². The van der Waals surface area contributed by atoms with Crippen molar-refractivity contribution in [2.24, 2.45) is 5.92 Å². The second-order valence-corrected chi connectivity index (χ2v) is 8.29. The fourth-order valence-electron chi connectivity index (χ4n) is 2.10. The van der Waals surface area contributed by atoms with Crippen molar-refractivity contribution in [3.63, 3.8) is 0 Å². The number of carbonyl (C=O) groups excluding carboxylic acids is 1. The van der Waals surface area contributed by atoms with Gasteiger partial charge in [0.2, 0.25) is 0 Å². The van der Waals surface area contributed by atoms with Crippen molar-refractivity contribution >= 4 is 61.1 Å². The number of anilines is 1. The van der Waals surface area contributed by atoms with Crippen LogP contribution in [0, 0.1) is 17.2 Å². The summed E-state index contributed by atoms with van der Waals surface area (Å²) in [5, 5.41) is 12.6. The molecule has 0 bridgehead atoms. The van der Waals surface area contributed by atoms with E-state index in [2.05, 4.69) is 51.0 Å². The van der Waals surface area contributed by atoms with Crippen LogP contribution in [0.2, 0.25) is 5.02 Å². The predicted octanol–water partition coefficient (Wildman–Crippen LogP) is 6.45. The van der Waals surface area contributed by atoms with Gasteiger partial charge in [-0.2, -0.15) is 5.26 Å². The highest BCUT2D eigenvalue weighted by molar-refractivity contribution is 9.11. The Morgan fingerprint density at radius 3 is 2.37 bits per heavy atom. The Kier molecular flexibility index (Phi) is 7.91. The molecule has 0 aliphatic rings. The third kappa shape index (κ3) is 6.39. The molecule has 0 spiro atoms. The van der Waals surface area contributed by atoms with E-state index in [9.17, 15) is 10.1 Å². The average Bonchev–Trinajstić information content (AvgIpc) is 2.60. The second kappa shape index (κ2) is 9.93. The molecule has 0 heterocycles. The third-order valence-electron chi connectivity index (χ3n) is 3.36. The van der Waals surface area contributed by atoms with Gasteiger partial charge < -0.3 is 10.1 Å². The molecule has 0 unspecified atom stereocenters. The molecule has 1 N–H and O–H groups in total. The van der Waals surface area contributed by atoms with Gasteiger partial charge in [-0.1, -0.05) is 25.4 Å². The average molecular weight is 513 g/mol. The molecule has 2 aromatic rings. The first-order chi connectivity index (χ1) is 12.8. The van der Waals surface area contributed by atoms with Crippen molar-refractivity contribution in [2.75, 3.05) is 11.9 Å². The Balaban J connectivity index is 2.22. The van der Waals surface area contributed by atoms with Gasteiger partial charge in [0.05, 0.1) is 15.6 Å². The van der Waals surface area contributed by atoms with Gasteiger partial charge in [-0.15, -0.1) is 0 Å². The highest BCUT2D eigenvalue weighted by atomic mass is 79.9. The predicted molar refractivity (Wildman–Crippen MR) is 116 cm³/mol. The first-order valence-electron chi connectivity index (χ1n) is 8.10. The van der Waals surface area contributed by atoms with Crippen LogP contribution in [0.25, 0.3) is 6.08 Å². The largest absolute Gasteiger partial charge is 0.491 e. The van der Waals surface area contributed by atoms with Crippen LogP contribution in [0.4, 0.5) is 5.69 Å². The lowest BCUT2D eigenvalue weighted by atomic mass is 10.1. The molecule has 0 aromatic heterocycles. The first-order valence-corrected chi connectivity index (χ1v) is 10.1. The molecule has 0 fully saturated rings. The van der Waals surface area contributed by atoms with Crippen LogP contribution >= 0.6 is 43.5 Å². The monoisotopic (exact) mass is 510 g/mol. The minimum Gasteiger partial charge on any atom is -0.491 e. The third-order valence-corrected chi connectivity index (χ3v) is 4.79. The van der Waals surface area contributed by atoms with Crippen LogP contribution in [0.3, 0.4) is 0 Å². The topological polar surface area (TPSA) is 62.1 Å². The van der Waals surface area contributed by atoms with Crippen LogP contribution in [0.15, 0.2) is 50.9 Å². The molecule has 27 heavy (non-hydrogen) atoms. The normalized spacial score (nSPS) is 11.2. The molecule has 140 valence electrons. The number of ether oxygens (including phenoxy) is 1. The number of benzene rings is 2. The van der Waals surface area contributed by atoms with Gasteiger partial charge in [-0.25, -0.2) is 0 Å². The molecule has 4 nitrogen and oxygen atoms in total. The summed E-state index contributed by atoms with van der Waals surface area (Å²) in [6.07, 6.45) is 1.52. The van der Waals surface area contributed by atoms with Gasteiger partial charge in [-0.05, 0) is 85.8 Å². The number of halogens is 3. The summed E-state index contributed by atoms with van der Waals surface area (Å²) < 4.78 is 7.25. The van der Waals surface area contributed by atoms with Crippen LogP contribution in [-0.2, 0) is 4.79 Å². The van der Waals surface area contributed by atoms with Crippen molar-refractivity contribution in [2.45, 2.75) is 13.8 Å². The lowest BCUT2D eigenvalue weighted by Gasteiger charge is -2.13. The number of hydrogen-bond donors (Lipinski definition) is 1. The first kappa shape index (κ1) is 21.5. The summed E-state index contributed by atoms with van der Waals surface area (Å²) in [7, 11) is 0. The van der Waals surface area contributed by atoms with E-state index in [1.54, 1.807) is 36.4 Å². The van der Waals surface area contributed by atoms with E-state index in [-0.39, 0.29) is 5.57 Å². The van der Waals surface area contributed by atoms with Crippen molar-refractivity contribution < 1.29 is 9.53 Å². The molecule has 2 aromatic carbocycles. The molecule has 0 aliphatic heterocycles.